The monoisotopic (exact) mass is 438 g/mol. The van der Waals surface area contributed by atoms with Crippen molar-refractivity contribution in [2.45, 2.75) is 103 Å². The summed E-state index contributed by atoms with van der Waals surface area (Å²) in [7, 11) is 0. The number of hydrogen-bond donors (Lipinski definition) is 0. The second-order valence-electron chi connectivity index (χ2n) is 9.05. The largest absolute Gasteiger partial charge is 0.427 e. The maximum atomic E-state index is 12.3. The molecule has 1 aromatic rings. The van der Waals surface area contributed by atoms with Gasteiger partial charge in [0.25, 0.3) is 0 Å². The molecule has 1 aliphatic heterocycles. The first-order valence-electron chi connectivity index (χ1n) is 12.6. The molecule has 1 fully saturated rings. The highest BCUT2D eigenvalue weighted by Crippen LogP contribution is 2.34. The van der Waals surface area contributed by atoms with E-state index in [4.69, 9.17) is 9.47 Å². The van der Waals surface area contributed by atoms with Gasteiger partial charge in [0, 0.05) is 12.0 Å². The number of esters is 2. The van der Waals surface area contributed by atoms with Crippen LogP contribution in [0.1, 0.15) is 109 Å². The van der Waals surface area contributed by atoms with Crippen LogP contribution in [-0.4, -0.2) is 11.9 Å². The summed E-state index contributed by atoms with van der Waals surface area (Å²) in [6.45, 7) is 2.24. The van der Waals surface area contributed by atoms with E-state index in [9.17, 15) is 9.59 Å². The van der Waals surface area contributed by atoms with E-state index in [1.165, 1.54) is 56.9 Å². The van der Waals surface area contributed by atoms with Gasteiger partial charge in [-0.25, -0.2) is 4.79 Å². The molecule has 1 heterocycles. The van der Waals surface area contributed by atoms with Crippen LogP contribution in [0.15, 0.2) is 41.5 Å². The average Bonchev–Trinajstić information content (AvgIpc) is 3.20. The molecule has 1 aromatic carbocycles. The van der Waals surface area contributed by atoms with Crippen LogP contribution < -0.4 is 4.74 Å². The van der Waals surface area contributed by atoms with Gasteiger partial charge in [0.1, 0.15) is 11.5 Å². The van der Waals surface area contributed by atoms with Crippen molar-refractivity contribution in [2.24, 2.45) is 0 Å². The van der Waals surface area contributed by atoms with Gasteiger partial charge in [-0.2, -0.15) is 0 Å². The lowest BCUT2D eigenvalue weighted by Crippen LogP contribution is -2.07. The summed E-state index contributed by atoms with van der Waals surface area (Å²) in [6.07, 6.45) is 18.9. The van der Waals surface area contributed by atoms with Crippen molar-refractivity contribution < 1.29 is 19.1 Å². The Morgan fingerprint density at radius 3 is 2.16 bits per heavy atom. The summed E-state index contributed by atoms with van der Waals surface area (Å²) in [5, 5.41) is 0. The predicted octanol–water partition coefficient (Wildman–Crippen LogP) is 7.67. The molecule has 0 unspecified atom stereocenters. The fourth-order valence-corrected chi connectivity index (χ4v) is 4.46. The van der Waals surface area contributed by atoms with Crippen molar-refractivity contribution in [2.75, 3.05) is 0 Å². The van der Waals surface area contributed by atoms with E-state index in [2.05, 4.69) is 6.92 Å². The summed E-state index contributed by atoms with van der Waals surface area (Å²) in [5.41, 5.74) is 2.78. The molecule has 32 heavy (non-hydrogen) atoms. The molecule has 0 aromatic heterocycles. The lowest BCUT2D eigenvalue weighted by molar-refractivity contribution is -0.134. The van der Waals surface area contributed by atoms with Crippen LogP contribution in [0, 0.1) is 0 Å². The van der Waals surface area contributed by atoms with Crippen LogP contribution in [0.4, 0.5) is 0 Å². The molecule has 0 saturated heterocycles. The Bertz CT molecular complexity index is 808. The third-order valence-corrected chi connectivity index (χ3v) is 6.39. The van der Waals surface area contributed by atoms with Crippen molar-refractivity contribution in [1.82, 2.24) is 0 Å². The Balaban J connectivity index is 1.39. The second kappa shape index (κ2) is 13.2. The van der Waals surface area contributed by atoms with E-state index < -0.39 is 0 Å². The number of cyclic esters (lactones) is 1. The number of carbonyl (C=O) groups excluding carboxylic acids is 2. The molecule has 2 aliphatic rings. The lowest BCUT2D eigenvalue weighted by Gasteiger charge is -2.14. The first-order valence-corrected chi connectivity index (χ1v) is 12.6. The zero-order valence-corrected chi connectivity index (χ0v) is 19.6. The lowest BCUT2D eigenvalue weighted by atomic mass is 9.91. The van der Waals surface area contributed by atoms with Crippen LogP contribution in [0.2, 0.25) is 0 Å². The number of benzene rings is 1. The topological polar surface area (TPSA) is 52.6 Å². The fourth-order valence-electron chi connectivity index (χ4n) is 4.46. The normalized spacial score (nSPS) is 16.2. The number of ether oxygens (including phenoxy) is 2. The summed E-state index contributed by atoms with van der Waals surface area (Å²) < 4.78 is 11.0. The number of unbranched alkanes of at least 4 members (excludes halogenated alkanes) is 8. The summed E-state index contributed by atoms with van der Waals surface area (Å²) in [6, 6.07) is 7.22. The maximum absolute atomic E-state index is 12.3. The number of carbonyl (C=O) groups is 2. The number of hydrogen-bond acceptors (Lipinski definition) is 4. The standard InChI is InChI=1S/C28H38O4/c1-2-3-4-5-6-7-8-9-13-16-27(29)31-24-19-17-23(18-20-24)26-21-25(28(30)32-26)22-14-11-10-12-15-22/h17-21H,2-16H2,1H3. The molecule has 0 bridgehead atoms. The van der Waals surface area contributed by atoms with Crippen LogP contribution in [0.5, 0.6) is 5.75 Å². The predicted molar refractivity (Wildman–Crippen MR) is 128 cm³/mol. The SMILES string of the molecule is CCCCCCCCCCCC(=O)Oc1ccc(C2=CC(=C3CCCCC3)C(=O)O2)cc1. The van der Waals surface area contributed by atoms with Gasteiger partial charge in [-0.3, -0.25) is 4.79 Å². The summed E-state index contributed by atoms with van der Waals surface area (Å²) >= 11 is 0. The van der Waals surface area contributed by atoms with E-state index in [1.54, 1.807) is 12.1 Å². The molecule has 4 heteroatoms. The van der Waals surface area contributed by atoms with Crippen molar-refractivity contribution in [3.05, 3.63) is 47.1 Å². The number of allylic oxidation sites excluding steroid dienone is 1. The van der Waals surface area contributed by atoms with Gasteiger partial charge in [-0.15, -0.1) is 0 Å². The first-order chi connectivity index (χ1) is 15.7. The molecule has 0 N–H and O–H groups in total. The molecular formula is C28H38O4. The highest BCUT2D eigenvalue weighted by molar-refractivity contribution is 6.02. The Morgan fingerprint density at radius 1 is 0.875 bits per heavy atom. The molecular weight excluding hydrogens is 400 g/mol. The highest BCUT2D eigenvalue weighted by Gasteiger charge is 2.25. The molecule has 174 valence electrons. The van der Waals surface area contributed by atoms with E-state index >= 15 is 0 Å². The Morgan fingerprint density at radius 2 is 1.50 bits per heavy atom. The van der Waals surface area contributed by atoms with E-state index in [0.29, 0.717) is 17.9 Å². The highest BCUT2D eigenvalue weighted by atomic mass is 16.5. The van der Waals surface area contributed by atoms with Gasteiger partial charge < -0.3 is 9.47 Å². The Kier molecular flexibility index (Phi) is 10.1. The molecule has 0 radical (unpaired) electrons. The van der Waals surface area contributed by atoms with Crippen molar-refractivity contribution >= 4 is 17.7 Å². The third kappa shape index (κ3) is 7.65. The smallest absolute Gasteiger partial charge is 0.343 e. The first kappa shape index (κ1) is 24.3. The minimum atomic E-state index is -0.242. The molecule has 3 rings (SSSR count). The second-order valence-corrected chi connectivity index (χ2v) is 9.05. The maximum Gasteiger partial charge on any atom is 0.343 e. The van der Waals surface area contributed by atoms with E-state index in [-0.39, 0.29) is 11.9 Å². The van der Waals surface area contributed by atoms with Crippen LogP contribution in [0.3, 0.4) is 0 Å². The van der Waals surface area contributed by atoms with Gasteiger partial charge in [-0.05, 0) is 62.4 Å². The quantitative estimate of drug-likeness (QED) is 0.145. The van der Waals surface area contributed by atoms with Gasteiger partial charge in [0.05, 0.1) is 5.57 Å². The van der Waals surface area contributed by atoms with Gasteiger partial charge >= 0.3 is 11.9 Å². The minimum Gasteiger partial charge on any atom is -0.427 e. The molecule has 0 amide bonds. The van der Waals surface area contributed by atoms with Crippen molar-refractivity contribution in [1.29, 1.82) is 0 Å². The van der Waals surface area contributed by atoms with E-state index in [0.717, 1.165) is 49.7 Å². The van der Waals surface area contributed by atoms with Crippen LogP contribution in [0.25, 0.3) is 5.76 Å². The van der Waals surface area contributed by atoms with Crippen LogP contribution in [-0.2, 0) is 14.3 Å². The Labute approximate surface area is 193 Å². The summed E-state index contributed by atoms with van der Waals surface area (Å²) in [5.74, 6) is 0.686. The molecule has 0 atom stereocenters. The van der Waals surface area contributed by atoms with Gasteiger partial charge in [0.15, 0.2) is 0 Å². The van der Waals surface area contributed by atoms with E-state index in [1.807, 2.05) is 18.2 Å². The third-order valence-electron chi connectivity index (χ3n) is 6.39. The average molecular weight is 439 g/mol. The molecule has 0 spiro atoms. The summed E-state index contributed by atoms with van der Waals surface area (Å²) in [4.78, 5) is 24.4. The number of rotatable bonds is 12. The zero-order chi connectivity index (χ0) is 22.6. The fraction of sp³-hybridized carbons (Fsp3) is 0.571. The zero-order valence-electron chi connectivity index (χ0n) is 19.6. The molecule has 1 aliphatic carbocycles. The Hall–Kier alpha value is -2.36. The molecule has 4 nitrogen and oxygen atoms in total. The van der Waals surface area contributed by atoms with Crippen molar-refractivity contribution in [3.63, 3.8) is 0 Å². The minimum absolute atomic E-state index is 0.184. The van der Waals surface area contributed by atoms with Gasteiger partial charge in [0.2, 0.25) is 0 Å². The van der Waals surface area contributed by atoms with Crippen molar-refractivity contribution in [3.8, 4) is 5.75 Å². The van der Waals surface area contributed by atoms with Crippen LogP contribution >= 0.6 is 0 Å². The molecule has 1 saturated carbocycles. The van der Waals surface area contributed by atoms with Gasteiger partial charge in [-0.1, -0.05) is 70.3 Å².